The van der Waals surface area contributed by atoms with Crippen LogP contribution < -0.4 is 15.7 Å². The van der Waals surface area contributed by atoms with Crippen LogP contribution in [-0.2, 0) is 0 Å². The third-order valence-corrected chi connectivity index (χ3v) is 3.96. The molecule has 0 unspecified atom stereocenters. The number of benzene rings is 3. The van der Waals surface area contributed by atoms with E-state index in [1.807, 2.05) is 36.4 Å². The molecule has 1 heterocycles. The molecule has 0 radical (unpaired) electrons. The third-order valence-electron chi connectivity index (χ3n) is 3.96. The van der Waals surface area contributed by atoms with Crippen molar-refractivity contribution >= 4 is 22.6 Å². The molecule has 5 nitrogen and oxygen atoms in total. The van der Waals surface area contributed by atoms with Gasteiger partial charge >= 0.3 is 5.63 Å². The molecule has 132 valence electrons. The monoisotopic (exact) mass is 357 g/mol. The number of para-hydroxylation sites is 2. The lowest BCUT2D eigenvalue weighted by atomic mass is 10.1. The molecular formula is C22H15NO4. The number of carbonyl (C=O) groups excluding carboxylic acids is 1. The Hall–Kier alpha value is -3.86. The Bertz CT molecular complexity index is 1170. The van der Waals surface area contributed by atoms with Gasteiger partial charge in [0.2, 0.25) is 0 Å². The number of hydrogen-bond acceptors (Lipinski definition) is 4. The third kappa shape index (κ3) is 3.72. The molecule has 1 N–H and O–H groups in total. The largest absolute Gasteiger partial charge is 0.457 e. The second-order valence-corrected chi connectivity index (χ2v) is 5.88. The summed E-state index contributed by atoms with van der Waals surface area (Å²) in [5.41, 5.74) is 0.226. The molecule has 0 aliphatic rings. The smallest absolute Gasteiger partial charge is 0.349 e. The number of nitrogens with one attached hydrogen (secondary N) is 1. The summed E-state index contributed by atoms with van der Waals surface area (Å²) in [6.07, 6.45) is 0. The normalized spacial score (nSPS) is 10.5. The molecule has 1 amide bonds. The lowest BCUT2D eigenvalue weighted by molar-refractivity contribution is 0.102. The molecule has 0 bridgehead atoms. The van der Waals surface area contributed by atoms with Crippen molar-refractivity contribution in [1.29, 1.82) is 0 Å². The number of fused-ring (bicyclic) bond motifs is 1. The fourth-order valence-electron chi connectivity index (χ4n) is 2.68. The number of anilines is 1. The van der Waals surface area contributed by atoms with Gasteiger partial charge in [-0.2, -0.15) is 0 Å². The van der Waals surface area contributed by atoms with Crippen molar-refractivity contribution in [2.45, 2.75) is 0 Å². The quantitative estimate of drug-likeness (QED) is 0.531. The van der Waals surface area contributed by atoms with Crippen molar-refractivity contribution in [1.82, 2.24) is 0 Å². The molecule has 1 aromatic heterocycles. The maximum Gasteiger partial charge on any atom is 0.349 e. The molecule has 4 aromatic rings. The average molecular weight is 357 g/mol. The average Bonchev–Trinajstić information content (AvgIpc) is 2.68. The number of carbonyl (C=O) groups is 1. The Balaban J connectivity index is 1.57. The fraction of sp³-hybridized carbons (Fsp3) is 0. The summed E-state index contributed by atoms with van der Waals surface area (Å²) in [6, 6.07) is 24.9. The minimum absolute atomic E-state index is 0.0527. The Labute approximate surface area is 154 Å². The zero-order chi connectivity index (χ0) is 18.6. The van der Waals surface area contributed by atoms with Crippen molar-refractivity contribution < 1.29 is 13.9 Å². The second kappa shape index (κ2) is 7.17. The molecule has 0 fully saturated rings. The molecule has 0 aliphatic carbocycles. The Morgan fingerprint density at radius 2 is 1.56 bits per heavy atom. The SMILES string of the molecule is O=C(Nc1cccc(Oc2ccccc2)c1)c1cc2ccccc2oc1=O. The molecule has 0 spiro atoms. The highest BCUT2D eigenvalue weighted by atomic mass is 16.5. The van der Waals surface area contributed by atoms with Crippen molar-refractivity contribution in [3.8, 4) is 11.5 Å². The van der Waals surface area contributed by atoms with Crippen molar-refractivity contribution in [3.63, 3.8) is 0 Å². The minimum atomic E-state index is -0.678. The van der Waals surface area contributed by atoms with Gasteiger partial charge in [-0.05, 0) is 36.4 Å². The number of rotatable bonds is 4. The van der Waals surface area contributed by atoms with Crippen LogP contribution in [0.3, 0.4) is 0 Å². The predicted molar refractivity (Wildman–Crippen MR) is 103 cm³/mol. The summed E-state index contributed by atoms with van der Waals surface area (Å²) >= 11 is 0. The first kappa shape index (κ1) is 16.6. The molecule has 4 rings (SSSR count). The van der Waals surface area contributed by atoms with Crippen LogP contribution >= 0.6 is 0 Å². The lowest BCUT2D eigenvalue weighted by Crippen LogP contribution is -2.20. The highest BCUT2D eigenvalue weighted by molar-refractivity contribution is 6.05. The lowest BCUT2D eigenvalue weighted by Gasteiger charge is -2.09. The molecule has 0 saturated heterocycles. The standard InChI is InChI=1S/C22H15NO4/c24-21(19-13-15-7-4-5-12-20(15)27-22(19)25)23-16-8-6-11-18(14-16)26-17-9-2-1-3-10-17/h1-14H,(H,23,24). The van der Waals surface area contributed by atoms with Crippen molar-refractivity contribution in [2.75, 3.05) is 5.32 Å². The van der Waals surface area contributed by atoms with Gasteiger partial charge in [-0.1, -0.05) is 42.5 Å². The van der Waals surface area contributed by atoms with Crippen LogP contribution in [0.2, 0.25) is 0 Å². The van der Waals surface area contributed by atoms with E-state index in [0.717, 1.165) is 0 Å². The molecule has 3 aromatic carbocycles. The first-order chi connectivity index (χ1) is 13.2. The highest BCUT2D eigenvalue weighted by Crippen LogP contribution is 2.24. The molecule has 27 heavy (non-hydrogen) atoms. The summed E-state index contributed by atoms with van der Waals surface area (Å²) in [7, 11) is 0. The zero-order valence-electron chi connectivity index (χ0n) is 14.2. The van der Waals surface area contributed by atoms with E-state index in [-0.39, 0.29) is 5.56 Å². The van der Waals surface area contributed by atoms with E-state index in [0.29, 0.717) is 28.2 Å². The van der Waals surface area contributed by atoms with Gasteiger partial charge in [0.25, 0.3) is 5.91 Å². The van der Waals surface area contributed by atoms with E-state index in [9.17, 15) is 9.59 Å². The van der Waals surface area contributed by atoms with Crippen LogP contribution in [0.5, 0.6) is 11.5 Å². The fourth-order valence-corrected chi connectivity index (χ4v) is 2.68. The van der Waals surface area contributed by atoms with E-state index < -0.39 is 11.5 Å². The molecule has 0 atom stereocenters. The molecule has 0 saturated carbocycles. The van der Waals surface area contributed by atoms with Gasteiger partial charge in [0.15, 0.2) is 0 Å². The van der Waals surface area contributed by atoms with E-state index in [2.05, 4.69) is 5.32 Å². The minimum Gasteiger partial charge on any atom is -0.457 e. The van der Waals surface area contributed by atoms with Crippen LogP contribution in [0, 0.1) is 0 Å². The summed E-state index contributed by atoms with van der Waals surface area (Å²) in [5, 5.41) is 3.39. The maximum absolute atomic E-state index is 12.5. The summed E-state index contributed by atoms with van der Waals surface area (Å²) in [5.74, 6) is 0.729. The topological polar surface area (TPSA) is 68.5 Å². The van der Waals surface area contributed by atoms with Gasteiger partial charge in [-0.3, -0.25) is 4.79 Å². The Morgan fingerprint density at radius 3 is 2.41 bits per heavy atom. The van der Waals surface area contributed by atoms with E-state index >= 15 is 0 Å². The zero-order valence-corrected chi connectivity index (χ0v) is 14.2. The van der Waals surface area contributed by atoms with Crippen LogP contribution in [0.15, 0.2) is 94.1 Å². The van der Waals surface area contributed by atoms with Gasteiger partial charge in [0.1, 0.15) is 22.6 Å². The van der Waals surface area contributed by atoms with Crippen molar-refractivity contribution in [3.05, 3.63) is 101 Å². The van der Waals surface area contributed by atoms with E-state index in [1.54, 1.807) is 42.5 Å². The van der Waals surface area contributed by atoms with Crippen LogP contribution in [0.25, 0.3) is 11.0 Å². The molecule has 5 heteroatoms. The van der Waals surface area contributed by atoms with E-state index in [1.165, 1.54) is 6.07 Å². The number of amides is 1. The van der Waals surface area contributed by atoms with Crippen LogP contribution in [-0.4, -0.2) is 5.91 Å². The first-order valence-electron chi connectivity index (χ1n) is 8.36. The highest BCUT2D eigenvalue weighted by Gasteiger charge is 2.14. The van der Waals surface area contributed by atoms with Crippen molar-refractivity contribution in [2.24, 2.45) is 0 Å². The van der Waals surface area contributed by atoms with Gasteiger partial charge in [-0.25, -0.2) is 4.79 Å². The van der Waals surface area contributed by atoms with E-state index in [4.69, 9.17) is 9.15 Å². The second-order valence-electron chi connectivity index (χ2n) is 5.88. The van der Waals surface area contributed by atoms with Gasteiger partial charge in [0.05, 0.1) is 0 Å². The Kier molecular flexibility index (Phi) is 4.41. The molecular weight excluding hydrogens is 342 g/mol. The predicted octanol–water partition coefficient (Wildman–Crippen LogP) is 4.84. The summed E-state index contributed by atoms with van der Waals surface area (Å²) < 4.78 is 11.0. The maximum atomic E-state index is 12.5. The van der Waals surface area contributed by atoms with Gasteiger partial charge in [-0.15, -0.1) is 0 Å². The molecule has 0 aliphatic heterocycles. The Morgan fingerprint density at radius 1 is 0.815 bits per heavy atom. The number of ether oxygens (including phenoxy) is 1. The summed E-state index contributed by atoms with van der Waals surface area (Å²) in [4.78, 5) is 24.7. The van der Waals surface area contributed by atoms with Gasteiger partial charge < -0.3 is 14.5 Å². The first-order valence-corrected chi connectivity index (χ1v) is 8.36. The summed E-state index contributed by atoms with van der Waals surface area (Å²) in [6.45, 7) is 0. The van der Waals surface area contributed by atoms with Crippen LogP contribution in [0.4, 0.5) is 5.69 Å². The van der Waals surface area contributed by atoms with Crippen LogP contribution in [0.1, 0.15) is 10.4 Å². The number of hydrogen-bond donors (Lipinski definition) is 1. The van der Waals surface area contributed by atoms with Gasteiger partial charge in [0, 0.05) is 17.1 Å².